The summed E-state index contributed by atoms with van der Waals surface area (Å²) in [4.78, 5) is 13.6. The van der Waals surface area contributed by atoms with Crippen LogP contribution in [-0.2, 0) is 11.3 Å². The lowest BCUT2D eigenvalue weighted by Gasteiger charge is -2.42. The quantitative estimate of drug-likeness (QED) is 0.833. The Balaban J connectivity index is 1.51. The van der Waals surface area contributed by atoms with Gasteiger partial charge in [0.05, 0.1) is 6.04 Å². The van der Waals surface area contributed by atoms with E-state index in [1.807, 2.05) is 35.2 Å². The number of benzene rings is 1. The molecule has 4 nitrogen and oxygen atoms in total. The van der Waals surface area contributed by atoms with Crippen LogP contribution in [0, 0.1) is 5.92 Å². The van der Waals surface area contributed by atoms with Crippen molar-refractivity contribution in [1.82, 2.24) is 10.2 Å². The molecule has 0 spiro atoms. The van der Waals surface area contributed by atoms with Crippen LogP contribution in [0.25, 0.3) is 0 Å². The number of nitrogens with zero attached hydrogens (tertiary/aromatic N) is 1. The van der Waals surface area contributed by atoms with Gasteiger partial charge < -0.3 is 15.0 Å². The number of rotatable bonds is 2. The predicted molar refractivity (Wildman–Crippen MR) is 63.5 cm³/mol. The van der Waals surface area contributed by atoms with Gasteiger partial charge in [-0.1, -0.05) is 30.3 Å². The van der Waals surface area contributed by atoms with Crippen molar-refractivity contribution >= 4 is 6.09 Å². The Bertz CT molecular complexity index is 407. The normalized spacial score (nSPS) is 26.2. The van der Waals surface area contributed by atoms with Crippen LogP contribution in [0.4, 0.5) is 4.79 Å². The molecule has 0 aliphatic carbocycles. The Morgan fingerprint density at radius 3 is 2.94 bits per heavy atom. The first-order chi connectivity index (χ1) is 8.34. The highest BCUT2D eigenvalue weighted by Crippen LogP contribution is 2.28. The summed E-state index contributed by atoms with van der Waals surface area (Å²) in [5.41, 5.74) is 1.03. The van der Waals surface area contributed by atoms with Gasteiger partial charge in [-0.3, -0.25) is 0 Å². The second-order valence-corrected chi connectivity index (χ2v) is 4.68. The van der Waals surface area contributed by atoms with E-state index in [2.05, 4.69) is 5.32 Å². The minimum atomic E-state index is -0.182. The van der Waals surface area contributed by atoms with E-state index in [9.17, 15) is 4.79 Å². The van der Waals surface area contributed by atoms with Gasteiger partial charge in [0, 0.05) is 25.6 Å². The molecule has 2 aliphatic rings. The molecule has 90 valence electrons. The molecule has 2 aliphatic heterocycles. The summed E-state index contributed by atoms with van der Waals surface area (Å²) < 4.78 is 5.30. The summed E-state index contributed by atoms with van der Waals surface area (Å²) in [6.45, 7) is 3.14. The molecule has 3 rings (SSSR count). The topological polar surface area (TPSA) is 41.6 Å². The molecule has 17 heavy (non-hydrogen) atoms. The molecule has 1 aromatic carbocycles. The maximum atomic E-state index is 11.8. The van der Waals surface area contributed by atoms with Gasteiger partial charge in [0.2, 0.25) is 0 Å². The van der Waals surface area contributed by atoms with Crippen molar-refractivity contribution in [2.45, 2.75) is 12.6 Å². The third kappa shape index (κ3) is 2.00. The Morgan fingerprint density at radius 2 is 2.18 bits per heavy atom. The van der Waals surface area contributed by atoms with Crippen LogP contribution in [0.1, 0.15) is 5.56 Å². The zero-order valence-corrected chi connectivity index (χ0v) is 9.63. The first kappa shape index (κ1) is 10.6. The van der Waals surface area contributed by atoms with Crippen LogP contribution in [0.3, 0.4) is 0 Å². The lowest BCUT2D eigenvalue weighted by molar-refractivity contribution is 0.0248. The fraction of sp³-hybridized carbons (Fsp3) is 0.462. The van der Waals surface area contributed by atoms with Crippen molar-refractivity contribution in [3.8, 4) is 0 Å². The average Bonchev–Trinajstić information content (AvgIpc) is 2.70. The Labute approximate surface area is 101 Å². The van der Waals surface area contributed by atoms with Crippen molar-refractivity contribution in [3.05, 3.63) is 35.9 Å². The Hall–Kier alpha value is -1.55. The molecule has 1 aromatic rings. The molecule has 4 heteroatoms. The third-order valence-corrected chi connectivity index (χ3v) is 3.58. The first-order valence-electron chi connectivity index (χ1n) is 6.02. The Morgan fingerprint density at radius 1 is 1.35 bits per heavy atom. The van der Waals surface area contributed by atoms with Crippen LogP contribution >= 0.6 is 0 Å². The molecular formula is C13H16N2O2. The number of ether oxygens (including phenoxy) is 1. The summed E-state index contributed by atoms with van der Waals surface area (Å²) in [6.07, 6.45) is -0.182. The molecule has 1 N–H and O–H groups in total. The van der Waals surface area contributed by atoms with Crippen LogP contribution in [0.15, 0.2) is 30.3 Å². The maximum absolute atomic E-state index is 11.8. The van der Waals surface area contributed by atoms with Gasteiger partial charge in [0.15, 0.2) is 0 Å². The van der Waals surface area contributed by atoms with E-state index in [0.29, 0.717) is 18.6 Å². The Kier molecular flexibility index (Phi) is 2.73. The van der Waals surface area contributed by atoms with Gasteiger partial charge in [-0.25, -0.2) is 4.79 Å². The molecule has 0 bridgehead atoms. The van der Waals surface area contributed by atoms with Crippen LogP contribution in [0.5, 0.6) is 0 Å². The van der Waals surface area contributed by atoms with Gasteiger partial charge >= 0.3 is 6.09 Å². The number of carbonyl (C=O) groups excluding carboxylic acids is 1. The van der Waals surface area contributed by atoms with E-state index in [1.54, 1.807) is 0 Å². The lowest BCUT2D eigenvalue weighted by atomic mass is 9.93. The van der Waals surface area contributed by atoms with E-state index in [-0.39, 0.29) is 6.09 Å². The molecule has 0 unspecified atom stereocenters. The molecule has 1 amide bonds. The minimum Gasteiger partial charge on any atom is -0.445 e. The third-order valence-electron chi connectivity index (χ3n) is 3.58. The largest absolute Gasteiger partial charge is 0.445 e. The van der Waals surface area contributed by atoms with Crippen LogP contribution in [0.2, 0.25) is 0 Å². The predicted octanol–water partition coefficient (Wildman–Crippen LogP) is 1.23. The summed E-state index contributed by atoms with van der Waals surface area (Å²) in [7, 11) is 0. The number of nitrogens with one attached hydrogen (secondary N) is 1. The standard InChI is InChI=1S/C13H16N2O2/c16-13(15-8-11-6-14-7-12(11)15)17-9-10-4-2-1-3-5-10/h1-5,11-12,14H,6-9H2/t11-,12+/m0/s1. The zero-order chi connectivity index (χ0) is 11.7. The van der Waals surface area contributed by atoms with E-state index in [4.69, 9.17) is 4.74 Å². The fourth-order valence-corrected chi connectivity index (χ4v) is 2.53. The van der Waals surface area contributed by atoms with E-state index in [1.165, 1.54) is 0 Å². The molecule has 0 aromatic heterocycles. The lowest BCUT2D eigenvalue weighted by Crippen LogP contribution is -2.58. The molecule has 0 radical (unpaired) electrons. The van der Waals surface area contributed by atoms with Gasteiger partial charge in [0.1, 0.15) is 6.61 Å². The van der Waals surface area contributed by atoms with Gasteiger partial charge in [-0.15, -0.1) is 0 Å². The summed E-state index contributed by atoms with van der Waals surface area (Å²) in [5, 5.41) is 3.29. The number of hydrogen-bond donors (Lipinski definition) is 1. The fourth-order valence-electron chi connectivity index (χ4n) is 2.53. The summed E-state index contributed by atoms with van der Waals surface area (Å²) >= 11 is 0. The summed E-state index contributed by atoms with van der Waals surface area (Å²) in [5.74, 6) is 0.638. The van der Waals surface area contributed by atoms with Crippen molar-refractivity contribution in [1.29, 1.82) is 0 Å². The number of amides is 1. The van der Waals surface area contributed by atoms with E-state index < -0.39 is 0 Å². The second kappa shape index (κ2) is 4.37. The van der Waals surface area contributed by atoms with Crippen molar-refractivity contribution < 1.29 is 9.53 Å². The number of carbonyl (C=O) groups is 1. The van der Waals surface area contributed by atoms with Crippen molar-refractivity contribution in [2.24, 2.45) is 5.92 Å². The van der Waals surface area contributed by atoms with Gasteiger partial charge in [0.25, 0.3) is 0 Å². The highest BCUT2D eigenvalue weighted by atomic mass is 16.6. The highest BCUT2D eigenvalue weighted by molar-refractivity contribution is 5.69. The smallest absolute Gasteiger partial charge is 0.410 e. The summed E-state index contributed by atoms with van der Waals surface area (Å²) in [6, 6.07) is 10.1. The van der Waals surface area contributed by atoms with Crippen molar-refractivity contribution in [3.63, 3.8) is 0 Å². The van der Waals surface area contributed by atoms with Crippen molar-refractivity contribution in [2.75, 3.05) is 19.6 Å². The van der Waals surface area contributed by atoms with Gasteiger partial charge in [-0.05, 0) is 5.56 Å². The average molecular weight is 232 g/mol. The molecular weight excluding hydrogens is 216 g/mol. The number of likely N-dealkylation sites (tertiary alicyclic amines) is 1. The molecule has 2 fully saturated rings. The highest BCUT2D eigenvalue weighted by Gasteiger charge is 2.45. The van der Waals surface area contributed by atoms with E-state index in [0.717, 1.165) is 25.2 Å². The van der Waals surface area contributed by atoms with Crippen LogP contribution in [-0.4, -0.2) is 36.7 Å². The molecule has 0 saturated carbocycles. The first-order valence-corrected chi connectivity index (χ1v) is 6.02. The monoisotopic (exact) mass is 232 g/mol. The minimum absolute atomic E-state index is 0.182. The maximum Gasteiger partial charge on any atom is 0.410 e. The molecule has 2 heterocycles. The number of hydrogen-bond acceptors (Lipinski definition) is 3. The van der Waals surface area contributed by atoms with E-state index >= 15 is 0 Å². The van der Waals surface area contributed by atoms with Gasteiger partial charge in [-0.2, -0.15) is 0 Å². The zero-order valence-electron chi connectivity index (χ0n) is 9.63. The SMILES string of the molecule is O=C(OCc1ccccc1)N1C[C@@H]2CNC[C@H]21. The van der Waals surface area contributed by atoms with Crippen LogP contribution < -0.4 is 5.32 Å². The second-order valence-electron chi connectivity index (χ2n) is 4.68. The molecule has 2 saturated heterocycles. The molecule has 2 atom stereocenters. The number of fused-ring (bicyclic) bond motifs is 1.